The van der Waals surface area contributed by atoms with Crippen molar-refractivity contribution in [2.45, 2.75) is 57.6 Å². The van der Waals surface area contributed by atoms with Gasteiger partial charge in [0.05, 0.1) is 6.10 Å². The summed E-state index contributed by atoms with van der Waals surface area (Å²) >= 11 is 0. The highest BCUT2D eigenvalue weighted by Gasteiger charge is 2.20. The Bertz CT molecular complexity index is 445. The van der Waals surface area contributed by atoms with Gasteiger partial charge in [-0.1, -0.05) is 13.3 Å². The van der Waals surface area contributed by atoms with Crippen LogP contribution < -0.4 is 15.4 Å². The van der Waals surface area contributed by atoms with E-state index in [1.165, 1.54) is 37.8 Å². The standard InChI is InChI=1S/C18H28N2O/c1-14-4-2-6-18(12-14)21-17-9-7-16(8-10-17)20-11-3-5-15(19)13-20/h7-10,14-15,18H,2-6,11-13,19H2,1H3. The van der Waals surface area contributed by atoms with E-state index in [0.717, 1.165) is 31.2 Å². The average Bonchev–Trinajstić information content (AvgIpc) is 2.48. The van der Waals surface area contributed by atoms with Crippen molar-refractivity contribution < 1.29 is 4.74 Å². The number of ether oxygens (including phenoxy) is 1. The van der Waals surface area contributed by atoms with Crippen molar-refractivity contribution in [3.8, 4) is 5.75 Å². The van der Waals surface area contributed by atoms with Gasteiger partial charge in [0, 0.05) is 24.8 Å². The highest BCUT2D eigenvalue weighted by molar-refractivity contribution is 5.49. The zero-order chi connectivity index (χ0) is 14.7. The molecule has 1 heterocycles. The van der Waals surface area contributed by atoms with Crippen LogP contribution in [0.3, 0.4) is 0 Å². The quantitative estimate of drug-likeness (QED) is 0.924. The Hall–Kier alpha value is -1.22. The lowest BCUT2D eigenvalue weighted by Crippen LogP contribution is -2.42. The molecule has 21 heavy (non-hydrogen) atoms. The van der Waals surface area contributed by atoms with Crippen LogP contribution in [0.2, 0.25) is 0 Å². The summed E-state index contributed by atoms with van der Waals surface area (Å²) in [6, 6.07) is 8.92. The third kappa shape index (κ3) is 3.91. The molecule has 1 saturated carbocycles. The zero-order valence-corrected chi connectivity index (χ0v) is 13.1. The number of benzene rings is 1. The minimum Gasteiger partial charge on any atom is -0.490 e. The summed E-state index contributed by atoms with van der Waals surface area (Å²) in [6.45, 7) is 4.42. The maximum Gasteiger partial charge on any atom is 0.119 e. The van der Waals surface area contributed by atoms with Crippen molar-refractivity contribution in [1.82, 2.24) is 0 Å². The Labute approximate surface area is 128 Å². The molecule has 3 unspecified atom stereocenters. The summed E-state index contributed by atoms with van der Waals surface area (Å²) in [5.41, 5.74) is 7.34. The predicted octanol–water partition coefficient (Wildman–Crippen LogP) is 3.57. The van der Waals surface area contributed by atoms with E-state index in [1.54, 1.807) is 0 Å². The number of piperidine rings is 1. The molecule has 1 aromatic carbocycles. The molecule has 2 fully saturated rings. The van der Waals surface area contributed by atoms with Gasteiger partial charge in [0.2, 0.25) is 0 Å². The summed E-state index contributed by atoms with van der Waals surface area (Å²) in [5, 5.41) is 0. The Kier molecular flexibility index (Phi) is 4.69. The molecule has 1 saturated heterocycles. The summed E-state index contributed by atoms with van der Waals surface area (Å²) in [6.07, 6.45) is 7.80. The third-order valence-electron chi connectivity index (χ3n) is 4.85. The molecule has 1 aliphatic carbocycles. The molecule has 2 N–H and O–H groups in total. The molecule has 1 aliphatic heterocycles. The van der Waals surface area contributed by atoms with E-state index in [2.05, 4.69) is 36.1 Å². The van der Waals surface area contributed by atoms with E-state index in [-0.39, 0.29) is 0 Å². The van der Waals surface area contributed by atoms with Crippen LogP contribution in [-0.4, -0.2) is 25.2 Å². The molecule has 0 bridgehead atoms. The second-order valence-corrected chi connectivity index (χ2v) is 6.85. The van der Waals surface area contributed by atoms with Crippen LogP contribution in [0.25, 0.3) is 0 Å². The number of anilines is 1. The Morgan fingerprint density at radius 3 is 2.62 bits per heavy atom. The molecule has 0 spiro atoms. The summed E-state index contributed by atoms with van der Waals surface area (Å²) in [5.74, 6) is 1.82. The molecular weight excluding hydrogens is 260 g/mol. The van der Waals surface area contributed by atoms with Crippen molar-refractivity contribution in [2.24, 2.45) is 11.7 Å². The maximum atomic E-state index is 6.15. The van der Waals surface area contributed by atoms with Crippen molar-refractivity contribution in [2.75, 3.05) is 18.0 Å². The van der Waals surface area contributed by atoms with Crippen LogP contribution in [0, 0.1) is 5.92 Å². The van der Waals surface area contributed by atoms with Crippen LogP contribution in [0.15, 0.2) is 24.3 Å². The Morgan fingerprint density at radius 2 is 1.90 bits per heavy atom. The molecule has 3 rings (SSSR count). The largest absolute Gasteiger partial charge is 0.490 e. The lowest BCUT2D eigenvalue weighted by Gasteiger charge is -2.33. The van der Waals surface area contributed by atoms with E-state index in [4.69, 9.17) is 10.5 Å². The first-order valence-corrected chi connectivity index (χ1v) is 8.48. The lowest BCUT2D eigenvalue weighted by atomic mass is 9.89. The summed E-state index contributed by atoms with van der Waals surface area (Å²) < 4.78 is 6.15. The molecule has 0 amide bonds. The van der Waals surface area contributed by atoms with Gasteiger partial charge in [0.1, 0.15) is 5.75 Å². The van der Waals surface area contributed by atoms with Crippen LogP contribution >= 0.6 is 0 Å². The first-order chi connectivity index (χ1) is 10.2. The molecule has 2 aliphatic rings. The number of hydrogen-bond acceptors (Lipinski definition) is 3. The first-order valence-electron chi connectivity index (χ1n) is 8.48. The fourth-order valence-corrected chi connectivity index (χ4v) is 3.66. The van der Waals surface area contributed by atoms with Crippen LogP contribution in [0.4, 0.5) is 5.69 Å². The number of nitrogens with zero attached hydrogens (tertiary/aromatic N) is 1. The predicted molar refractivity (Wildman–Crippen MR) is 87.9 cm³/mol. The molecule has 116 valence electrons. The average molecular weight is 288 g/mol. The van der Waals surface area contributed by atoms with E-state index in [1.807, 2.05) is 0 Å². The maximum absolute atomic E-state index is 6.15. The molecule has 3 atom stereocenters. The third-order valence-corrected chi connectivity index (χ3v) is 4.85. The molecule has 1 aromatic rings. The van der Waals surface area contributed by atoms with E-state index < -0.39 is 0 Å². The van der Waals surface area contributed by atoms with Gasteiger partial charge >= 0.3 is 0 Å². The fourth-order valence-electron chi connectivity index (χ4n) is 3.66. The molecule has 3 nitrogen and oxygen atoms in total. The van der Waals surface area contributed by atoms with E-state index >= 15 is 0 Å². The van der Waals surface area contributed by atoms with Crippen molar-refractivity contribution in [3.05, 3.63) is 24.3 Å². The van der Waals surface area contributed by atoms with Crippen LogP contribution in [0.1, 0.15) is 45.4 Å². The molecular formula is C18H28N2O. The van der Waals surface area contributed by atoms with Gasteiger partial charge < -0.3 is 15.4 Å². The van der Waals surface area contributed by atoms with Gasteiger partial charge in [0.25, 0.3) is 0 Å². The number of rotatable bonds is 3. The normalized spacial score (nSPS) is 30.2. The number of hydrogen-bond donors (Lipinski definition) is 1. The number of nitrogens with two attached hydrogens (primary N) is 1. The molecule has 0 aromatic heterocycles. The monoisotopic (exact) mass is 288 g/mol. The highest BCUT2D eigenvalue weighted by Crippen LogP contribution is 2.28. The van der Waals surface area contributed by atoms with Gasteiger partial charge in [-0.2, -0.15) is 0 Å². The smallest absolute Gasteiger partial charge is 0.119 e. The topological polar surface area (TPSA) is 38.5 Å². The van der Waals surface area contributed by atoms with Gasteiger partial charge in [0.15, 0.2) is 0 Å². The van der Waals surface area contributed by atoms with E-state index in [9.17, 15) is 0 Å². The minimum atomic E-state index is 0.318. The molecule has 3 heteroatoms. The Balaban J connectivity index is 1.58. The highest BCUT2D eigenvalue weighted by atomic mass is 16.5. The zero-order valence-electron chi connectivity index (χ0n) is 13.1. The first kappa shape index (κ1) is 14.7. The fraction of sp³-hybridized carbons (Fsp3) is 0.667. The van der Waals surface area contributed by atoms with E-state index in [0.29, 0.717) is 12.1 Å². The van der Waals surface area contributed by atoms with Crippen LogP contribution in [0.5, 0.6) is 5.75 Å². The van der Waals surface area contributed by atoms with Gasteiger partial charge in [-0.3, -0.25) is 0 Å². The summed E-state index contributed by atoms with van der Waals surface area (Å²) in [7, 11) is 0. The van der Waals surface area contributed by atoms with Crippen molar-refractivity contribution >= 4 is 5.69 Å². The second kappa shape index (κ2) is 6.69. The van der Waals surface area contributed by atoms with Crippen molar-refractivity contribution in [1.29, 1.82) is 0 Å². The SMILES string of the molecule is CC1CCCC(Oc2ccc(N3CCCC(N)C3)cc2)C1. The van der Waals surface area contributed by atoms with Crippen LogP contribution in [-0.2, 0) is 0 Å². The minimum absolute atomic E-state index is 0.318. The molecule has 0 radical (unpaired) electrons. The Morgan fingerprint density at radius 1 is 1.10 bits per heavy atom. The van der Waals surface area contributed by atoms with Crippen molar-refractivity contribution in [3.63, 3.8) is 0 Å². The second-order valence-electron chi connectivity index (χ2n) is 6.85. The van der Waals surface area contributed by atoms with Gasteiger partial charge in [-0.15, -0.1) is 0 Å². The van der Waals surface area contributed by atoms with Gasteiger partial charge in [-0.05, 0) is 62.3 Å². The lowest BCUT2D eigenvalue weighted by molar-refractivity contribution is 0.129. The summed E-state index contributed by atoms with van der Waals surface area (Å²) in [4.78, 5) is 2.39. The van der Waals surface area contributed by atoms with Gasteiger partial charge in [-0.25, -0.2) is 0 Å².